The summed E-state index contributed by atoms with van der Waals surface area (Å²) in [6.45, 7) is 8.04. The number of alkyl carbamates (subject to hydrolysis) is 2. The Balaban J connectivity index is 2.28. The van der Waals surface area contributed by atoms with E-state index in [4.69, 9.17) is 14.2 Å². The number of carbonyl (C=O) groups excluding carboxylic acids is 4. The number of hydrogen-bond acceptors (Lipinski definition) is 9. The molecule has 0 aromatic heterocycles. The predicted octanol–water partition coefficient (Wildman–Crippen LogP) is 2.77. The summed E-state index contributed by atoms with van der Waals surface area (Å²) in [6, 6.07) is 6.92. The first-order valence-corrected chi connectivity index (χ1v) is 16.3. The lowest BCUT2D eigenvalue weighted by molar-refractivity contribution is -0.131. The van der Waals surface area contributed by atoms with Crippen LogP contribution in [0.2, 0.25) is 0 Å². The minimum atomic E-state index is -1.11. The van der Waals surface area contributed by atoms with Gasteiger partial charge in [-0.2, -0.15) is 0 Å². The third kappa shape index (κ3) is 13.9. The summed E-state index contributed by atoms with van der Waals surface area (Å²) < 4.78 is 14.7. The van der Waals surface area contributed by atoms with E-state index in [-0.39, 0.29) is 31.6 Å². The molecular weight excluding hydrogens is 594 g/mol. The number of nitrogens with zero attached hydrogens (tertiary/aromatic N) is 1. The molecule has 0 bridgehead atoms. The van der Waals surface area contributed by atoms with Gasteiger partial charge in [0.25, 0.3) is 5.91 Å². The fraction of sp³-hybridized carbons (Fsp3) is 0.697. The van der Waals surface area contributed by atoms with Crippen molar-refractivity contribution in [3.05, 3.63) is 35.9 Å². The van der Waals surface area contributed by atoms with Crippen molar-refractivity contribution < 1.29 is 38.5 Å². The Hall–Kier alpha value is -3.42. The Morgan fingerprint density at radius 2 is 1.46 bits per heavy atom. The number of benzene rings is 1. The van der Waals surface area contributed by atoms with Crippen molar-refractivity contribution in [2.24, 2.45) is 17.8 Å². The Kier molecular flexibility index (Phi) is 17.4. The highest BCUT2D eigenvalue weighted by Gasteiger charge is 2.32. The molecule has 5 N–H and O–H groups in total. The molecule has 4 amide bonds. The molecule has 0 saturated heterocycles. The zero-order chi connectivity index (χ0) is 34.1. The summed E-state index contributed by atoms with van der Waals surface area (Å²) in [7, 11) is 2.73. The van der Waals surface area contributed by atoms with E-state index >= 15 is 0 Å². The second kappa shape index (κ2) is 20.7. The van der Waals surface area contributed by atoms with Gasteiger partial charge in [0.1, 0.15) is 18.7 Å². The van der Waals surface area contributed by atoms with Gasteiger partial charge in [-0.25, -0.2) is 14.6 Å². The molecule has 2 rings (SSSR count). The standard InChI is InChI=1S/C33H55N5O8/c1-22(2)28(35-32(42)45-6)30(40)34-26(19-24-13-9-7-10-14-24)27(39)21-38(20-25-15-11-8-12-16-25)37-31(41)29(23(3)4)36-33(43)46-18-17-44-5/h7,9-10,13-14,22-23,25-29,39H,8,11-12,15-21H2,1-6H3,(H,34,40)(H,35,42)(H,36,43)(H,37,41)/t26-,27+,28?,29?/m0/s1. The molecule has 260 valence electrons. The van der Waals surface area contributed by atoms with E-state index in [9.17, 15) is 24.3 Å². The maximum Gasteiger partial charge on any atom is 0.407 e. The summed E-state index contributed by atoms with van der Waals surface area (Å²) in [6.07, 6.45) is 3.09. The number of ether oxygens (including phenoxy) is 3. The minimum absolute atomic E-state index is 0.0138. The van der Waals surface area contributed by atoms with E-state index in [2.05, 4.69) is 21.4 Å². The monoisotopic (exact) mass is 649 g/mol. The molecule has 1 aromatic rings. The van der Waals surface area contributed by atoms with Crippen molar-refractivity contribution in [3.63, 3.8) is 0 Å². The Bertz CT molecular complexity index is 1070. The summed E-state index contributed by atoms with van der Waals surface area (Å²) in [5, 5.41) is 21.5. The van der Waals surface area contributed by atoms with Crippen molar-refractivity contribution in [2.45, 2.75) is 90.4 Å². The molecule has 0 heterocycles. The fourth-order valence-electron chi connectivity index (χ4n) is 5.49. The van der Waals surface area contributed by atoms with Crippen LogP contribution in [0.4, 0.5) is 9.59 Å². The number of aliphatic hydroxyl groups is 1. The van der Waals surface area contributed by atoms with E-state index in [1.165, 1.54) is 14.2 Å². The fourth-order valence-corrected chi connectivity index (χ4v) is 5.49. The van der Waals surface area contributed by atoms with Gasteiger partial charge < -0.3 is 35.3 Å². The van der Waals surface area contributed by atoms with Gasteiger partial charge in [0.15, 0.2) is 0 Å². The van der Waals surface area contributed by atoms with Crippen molar-refractivity contribution >= 4 is 24.0 Å². The number of hydrazine groups is 1. The average molecular weight is 650 g/mol. The van der Waals surface area contributed by atoms with Crippen molar-refractivity contribution in [3.8, 4) is 0 Å². The van der Waals surface area contributed by atoms with Crippen LogP contribution >= 0.6 is 0 Å². The number of rotatable bonds is 18. The third-order valence-electron chi connectivity index (χ3n) is 8.12. The topological polar surface area (TPSA) is 168 Å². The van der Waals surface area contributed by atoms with Crippen molar-refractivity contribution in [1.82, 2.24) is 26.4 Å². The minimum Gasteiger partial charge on any atom is -0.453 e. The molecule has 1 fully saturated rings. The number of amides is 4. The Labute approximate surface area is 273 Å². The molecule has 1 aromatic carbocycles. The van der Waals surface area contributed by atoms with Gasteiger partial charge in [0.2, 0.25) is 5.91 Å². The van der Waals surface area contributed by atoms with E-state index in [1.54, 1.807) is 18.9 Å². The van der Waals surface area contributed by atoms with Crippen LogP contribution in [-0.2, 0) is 30.2 Å². The molecule has 1 aliphatic rings. The van der Waals surface area contributed by atoms with E-state index in [0.717, 1.165) is 37.7 Å². The lowest BCUT2D eigenvalue weighted by Crippen LogP contribution is -2.60. The zero-order valence-electron chi connectivity index (χ0n) is 28.3. The van der Waals surface area contributed by atoms with Crippen LogP contribution in [-0.4, -0.2) is 98.9 Å². The molecular formula is C33H55N5O8. The smallest absolute Gasteiger partial charge is 0.407 e. The number of hydrogen-bond donors (Lipinski definition) is 5. The lowest BCUT2D eigenvalue weighted by Gasteiger charge is -2.35. The first-order chi connectivity index (χ1) is 21.9. The van der Waals surface area contributed by atoms with Crippen LogP contribution in [0.15, 0.2) is 30.3 Å². The second-order valence-corrected chi connectivity index (χ2v) is 12.6. The van der Waals surface area contributed by atoms with Gasteiger partial charge in [-0.1, -0.05) is 77.3 Å². The van der Waals surface area contributed by atoms with Gasteiger partial charge in [0, 0.05) is 20.2 Å². The molecule has 1 saturated carbocycles. The Morgan fingerprint density at radius 1 is 0.848 bits per heavy atom. The summed E-state index contributed by atoms with van der Waals surface area (Å²) in [5.74, 6) is -1.09. The highest BCUT2D eigenvalue weighted by atomic mass is 16.6. The van der Waals surface area contributed by atoms with Crippen molar-refractivity contribution in [1.29, 1.82) is 0 Å². The number of carbonyl (C=O) groups is 4. The van der Waals surface area contributed by atoms with Crippen LogP contribution in [0.3, 0.4) is 0 Å². The molecule has 0 aliphatic heterocycles. The van der Waals surface area contributed by atoms with Crippen LogP contribution in [0.25, 0.3) is 0 Å². The molecule has 13 nitrogen and oxygen atoms in total. The maximum absolute atomic E-state index is 13.6. The molecule has 46 heavy (non-hydrogen) atoms. The molecule has 4 atom stereocenters. The number of methoxy groups -OCH3 is 2. The molecule has 0 spiro atoms. The van der Waals surface area contributed by atoms with E-state index < -0.39 is 48.2 Å². The average Bonchev–Trinajstić information content (AvgIpc) is 3.02. The quantitative estimate of drug-likeness (QED) is 0.119. The van der Waals surface area contributed by atoms with Crippen molar-refractivity contribution in [2.75, 3.05) is 40.5 Å². The van der Waals surface area contributed by atoms with E-state index in [1.807, 2.05) is 44.2 Å². The molecule has 2 unspecified atom stereocenters. The van der Waals surface area contributed by atoms with Gasteiger partial charge >= 0.3 is 12.2 Å². The van der Waals surface area contributed by atoms with Crippen LogP contribution in [0.5, 0.6) is 0 Å². The summed E-state index contributed by atoms with van der Waals surface area (Å²) in [4.78, 5) is 51.4. The highest BCUT2D eigenvalue weighted by molar-refractivity contribution is 5.86. The zero-order valence-corrected chi connectivity index (χ0v) is 28.3. The molecule has 0 radical (unpaired) electrons. The van der Waals surface area contributed by atoms with Gasteiger partial charge in [-0.15, -0.1) is 0 Å². The van der Waals surface area contributed by atoms with Gasteiger partial charge in [-0.05, 0) is 42.6 Å². The van der Waals surface area contributed by atoms with Crippen LogP contribution in [0.1, 0.15) is 65.4 Å². The van der Waals surface area contributed by atoms with Crippen LogP contribution < -0.4 is 21.4 Å². The summed E-state index contributed by atoms with van der Waals surface area (Å²) >= 11 is 0. The normalized spacial score (nSPS) is 16.3. The first-order valence-electron chi connectivity index (χ1n) is 16.3. The molecule has 13 heteroatoms. The highest BCUT2D eigenvalue weighted by Crippen LogP contribution is 2.24. The predicted molar refractivity (Wildman–Crippen MR) is 174 cm³/mol. The summed E-state index contributed by atoms with van der Waals surface area (Å²) in [5.41, 5.74) is 3.85. The number of aliphatic hydroxyl groups excluding tert-OH is 1. The SMILES string of the molecule is COCCOC(=O)NC(C(=O)NN(CC1CCCCC1)C[C@@H](O)[C@H](Cc1ccccc1)NC(=O)C(NC(=O)OC)C(C)C)C(C)C. The second-order valence-electron chi connectivity index (χ2n) is 12.6. The third-order valence-corrected chi connectivity index (χ3v) is 8.12. The van der Waals surface area contributed by atoms with Crippen LogP contribution in [0, 0.1) is 17.8 Å². The lowest BCUT2D eigenvalue weighted by atomic mass is 9.89. The first kappa shape index (κ1) is 38.8. The largest absolute Gasteiger partial charge is 0.453 e. The van der Waals surface area contributed by atoms with E-state index in [0.29, 0.717) is 18.9 Å². The Morgan fingerprint density at radius 3 is 2.04 bits per heavy atom. The maximum atomic E-state index is 13.6. The number of nitrogens with one attached hydrogen (secondary N) is 4. The van der Waals surface area contributed by atoms with Gasteiger partial charge in [-0.3, -0.25) is 15.0 Å². The molecule has 1 aliphatic carbocycles. The van der Waals surface area contributed by atoms with Gasteiger partial charge in [0.05, 0.1) is 25.9 Å².